The lowest BCUT2D eigenvalue weighted by Gasteiger charge is -2.33. The largest absolute Gasteiger partial charge is 0.316 e. The average Bonchev–Trinajstić information content (AvgIpc) is 2.71. The van der Waals surface area contributed by atoms with Crippen molar-refractivity contribution in [3.8, 4) is 0 Å². The fourth-order valence-electron chi connectivity index (χ4n) is 3.36. The standard InChI is InChI=1S/C13H25N/c1-10(2)11-3-5-12(6-4-11)13-7-8-14-9-13/h10-14H,3-9H2,1-2H3. The molecule has 0 bridgehead atoms. The highest BCUT2D eigenvalue weighted by atomic mass is 14.9. The van der Waals surface area contributed by atoms with Crippen molar-refractivity contribution in [1.29, 1.82) is 0 Å². The maximum atomic E-state index is 3.50. The van der Waals surface area contributed by atoms with Crippen LogP contribution in [-0.2, 0) is 0 Å². The Hall–Kier alpha value is -0.0400. The molecule has 0 aromatic carbocycles. The summed E-state index contributed by atoms with van der Waals surface area (Å²) in [6, 6.07) is 0. The third kappa shape index (κ3) is 2.31. The van der Waals surface area contributed by atoms with Gasteiger partial charge in [0, 0.05) is 0 Å². The Labute approximate surface area is 88.7 Å². The van der Waals surface area contributed by atoms with Crippen LogP contribution in [0.15, 0.2) is 0 Å². The Morgan fingerprint density at radius 3 is 2.14 bits per heavy atom. The van der Waals surface area contributed by atoms with Crippen molar-refractivity contribution >= 4 is 0 Å². The molecule has 82 valence electrons. The fourth-order valence-corrected chi connectivity index (χ4v) is 3.36. The highest BCUT2D eigenvalue weighted by Gasteiger charge is 2.29. The van der Waals surface area contributed by atoms with Crippen LogP contribution in [0.5, 0.6) is 0 Å². The van der Waals surface area contributed by atoms with Gasteiger partial charge in [-0.1, -0.05) is 13.8 Å². The third-order valence-electron chi connectivity index (χ3n) is 4.52. The Balaban J connectivity index is 1.77. The van der Waals surface area contributed by atoms with E-state index in [1.165, 1.54) is 45.2 Å². The van der Waals surface area contributed by atoms with E-state index in [0.717, 1.165) is 23.7 Å². The molecule has 2 rings (SSSR count). The van der Waals surface area contributed by atoms with Gasteiger partial charge in [0.05, 0.1) is 0 Å². The van der Waals surface area contributed by atoms with E-state index in [-0.39, 0.29) is 0 Å². The Bertz CT molecular complexity index is 162. The molecule has 1 aliphatic heterocycles. The van der Waals surface area contributed by atoms with Crippen LogP contribution >= 0.6 is 0 Å². The van der Waals surface area contributed by atoms with Crippen LogP contribution in [0.4, 0.5) is 0 Å². The molecule has 1 heteroatoms. The summed E-state index contributed by atoms with van der Waals surface area (Å²) in [6.07, 6.45) is 7.46. The molecule has 1 unspecified atom stereocenters. The molecule has 1 nitrogen and oxygen atoms in total. The van der Waals surface area contributed by atoms with E-state index in [2.05, 4.69) is 19.2 Å². The predicted octanol–water partition coefficient (Wildman–Crippen LogP) is 3.06. The fraction of sp³-hybridized carbons (Fsp3) is 1.00. The number of hydrogen-bond donors (Lipinski definition) is 1. The van der Waals surface area contributed by atoms with E-state index < -0.39 is 0 Å². The van der Waals surface area contributed by atoms with Gasteiger partial charge in [0.2, 0.25) is 0 Å². The second kappa shape index (κ2) is 4.65. The van der Waals surface area contributed by atoms with Gasteiger partial charge in [-0.2, -0.15) is 0 Å². The summed E-state index contributed by atoms with van der Waals surface area (Å²) in [5.41, 5.74) is 0. The predicted molar refractivity (Wildman–Crippen MR) is 61.3 cm³/mol. The molecule has 1 aliphatic carbocycles. The molecule has 1 N–H and O–H groups in total. The van der Waals surface area contributed by atoms with E-state index in [9.17, 15) is 0 Å². The van der Waals surface area contributed by atoms with Crippen LogP contribution in [0.25, 0.3) is 0 Å². The molecular weight excluding hydrogens is 170 g/mol. The molecular formula is C13H25N. The van der Waals surface area contributed by atoms with Crippen LogP contribution in [0, 0.1) is 23.7 Å². The monoisotopic (exact) mass is 195 g/mol. The first-order valence-corrected chi connectivity index (χ1v) is 6.48. The van der Waals surface area contributed by atoms with Gasteiger partial charge >= 0.3 is 0 Å². The zero-order valence-electron chi connectivity index (χ0n) is 9.76. The van der Waals surface area contributed by atoms with Crippen molar-refractivity contribution in [2.45, 2.75) is 46.0 Å². The lowest BCUT2D eigenvalue weighted by Crippen LogP contribution is -2.25. The Morgan fingerprint density at radius 1 is 0.929 bits per heavy atom. The topological polar surface area (TPSA) is 12.0 Å². The van der Waals surface area contributed by atoms with Gasteiger partial charge in [0.25, 0.3) is 0 Å². The van der Waals surface area contributed by atoms with Gasteiger partial charge in [0.15, 0.2) is 0 Å². The van der Waals surface area contributed by atoms with E-state index in [0.29, 0.717) is 0 Å². The first-order valence-electron chi connectivity index (χ1n) is 6.48. The molecule has 0 amide bonds. The smallest absolute Gasteiger partial charge is 0.00174 e. The maximum Gasteiger partial charge on any atom is -0.00174 e. The maximum absolute atomic E-state index is 3.50. The van der Waals surface area contributed by atoms with Crippen molar-refractivity contribution in [3.05, 3.63) is 0 Å². The van der Waals surface area contributed by atoms with Crippen molar-refractivity contribution < 1.29 is 0 Å². The number of hydrogen-bond acceptors (Lipinski definition) is 1. The number of rotatable bonds is 2. The first-order chi connectivity index (χ1) is 6.77. The zero-order chi connectivity index (χ0) is 9.97. The average molecular weight is 195 g/mol. The third-order valence-corrected chi connectivity index (χ3v) is 4.52. The van der Waals surface area contributed by atoms with E-state index >= 15 is 0 Å². The van der Waals surface area contributed by atoms with Gasteiger partial charge in [0.1, 0.15) is 0 Å². The second-order valence-electron chi connectivity index (χ2n) is 5.67. The van der Waals surface area contributed by atoms with E-state index in [1.807, 2.05) is 0 Å². The van der Waals surface area contributed by atoms with Crippen LogP contribution in [0.2, 0.25) is 0 Å². The first kappa shape index (κ1) is 10.5. The lowest BCUT2D eigenvalue weighted by molar-refractivity contribution is 0.182. The summed E-state index contributed by atoms with van der Waals surface area (Å²) in [5, 5.41) is 3.50. The molecule has 1 heterocycles. The molecule has 0 aromatic rings. The summed E-state index contributed by atoms with van der Waals surface area (Å²) < 4.78 is 0. The second-order valence-corrected chi connectivity index (χ2v) is 5.67. The van der Waals surface area contributed by atoms with Crippen LogP contribution in [-0.4, -0.2) is 13.1 Å². The molecule has 2 aliphatic rings. The molecule has 0 aromatic heterocycles. The zero-order valence-corrected chi connectivity index (χ0v) is 9.76. The van der Waals surface area contributed by atoms with Gasteiger partial charge in [-0.3, -0.25) is 0 Å². The summed E-state index contributed by atoms with van der Waals surface area (Å²) in [5.74, 6) is 4.02. The van der Waals surface area contributed by atoms with Gasteiger partial charge in [-0.05, 0) is 68.9 Å². The summed E-state index contributed by atoms with van der Waals surface area (Å²) >= 11 is 0. The highest BCUT2D eigenvalue weighted by molar-refractivity contribution is 4.83. The van der Waals surface area contributed by atoms with Gasteiger partial charge < -0.3 is 5.32 Å². The highest BCUT2D eigenvalue weighted by Crippen LogP contribution is 2.38. The summed E-state index contributed by atoms with van der Waals surface area (Å²) in [7, 11) is 0. The van der Waals surface area contributed by atoms with Crippen LogP contribution in [0.1, 0.15) is 46.0 Å². The minimum absolute atomic E-state index is 0.914. The normalized spacial score (nSPS) is 39.2. The molecule has 1 saturated heterocycles. The molecule has 14 heavy (non-hydrogen) atoms. The molecule has 0 radical (unpaired) electrons. The molecule has 1 saturated carbocycles. The van der Waals surface area contributed by atoms with Gasteiger partial charge in [-0.15, -0.1) is 0 Å². The molecule has 2 fully saturated rings. The van der Waals surface area contributed by atoms with Gasteiger partial charge in [-0.25, -0.2) is 0 Å². The van der Waals surface area contributed by atoms with Crippen LogP contribution < -0.4 is 5.32 Å². The van der Waals surface area contributed by atoms with Crippen molar-refractivity contribution in [2.24, 2.45) is 23.7 Å². The molecule has 1 atom stereocenters. The molecule has 0 spiro atoms. The minimum Gasteiger partial charge on any atom is -0.316 e. The summed E-state index contributed by atoms with van der Waals surface area (Å²) in [6.45, 7) is 7.36. The van der Waals surface area contributed by atoms with Crippen molar-refractivity contribution in [2.75, 3.05) is 13.1 Å². The summed E-state index contributed by atoms with van der Waals surface area (Å²) in [4.78, 5) is 0. The minimum atomic E-state index is 0.914. The van der Waals surface area contributed by atoms with Crippen LogP contribution in [0.3, 0.4) is 0 Å². The van der Waals surface area contributed by atoms with E-state index in [1.54, 1.807) is 0 Å². The quantitative estimate of drug-likeness (QED) is 0.714. The Kier molecular flexibility index (Phi) is 3.48. The Morgan fingerprint density at radius 2 is 1.64 bits per heavy atom. The number of nitrogens with one attached hydrogen (secondary N) is 1. The van der Waals surface area contributed by atoms with Crippen molar-refractivity contribution in [3.63, 3.8) is 0 Å². The lowest BCUT2D eigenvalue weighted by atomic mass is 9.72. The van der Waals surface area contributed by atoms with Crippen molar-refractivity contribution in [1.82, 2.24) is 5.32 Å². The SMILES string of the molecule is CC(C)C1CCC(C2CCNC2)CC1. The van der Waals surface area contributed by atoms with E-state index in [4.69, 9.17) is 0 Å².